The fourth-order valence-corrected chi connectivity index (χ4v) is 7.48. The van der Waals surface area contributed by atoms with Gasteiger partial charge in [-0.3, -0.25) is 9.88 Å². The highest BCUT2D eigenvalue weighted by atomic mass is 19.2. The van der Waals surface area contributed by atoms with Crippen LogP contribution in [0.5, 0.6) is 6.01 Å². The summed E-state index contributed by atoms with van der Waals surface area (Å²) in [5, 5.41) is 0.205. The van der Waals surface area contributed by atoms with Crippen LogP contribution in [0.1, 0.15) is 34.0 Å². The van der Waals surface area contributed by atoms with Crippen molar-refractivity contribution in [2.75, 3.05) is 36.8 Å². The maximum Gasteiger partial charge on any atom is 0.319 e. The summed E-state index contributed by atoms with van der Waals surface area (Å²) in [6.45, 7) is -1.70. The fourth-order valence-electron chi connectivity index (χ4n) is 7.48. The van der Waals surface area contributed by atoms with Crippen LogP contribution in [0.15, 0.2) is 36.5 Å². The molecule has 2 saturated heterocycles. The summed E-state index contributed by atoms with van der Waals surface area (Å²) < 4.78 is 99.7. The van der Waals surface area contributed by atoms with Crippen LogP contribution >= 0.6 is 0 Å². The number of halogens is 5. The monoisotopic (exact) mass is 634 g/mol. The minimum Gasteiger partial charge on any atom is -0.461 e. The number of nitrogens with two attached hydrogens (primary N) is 1. The second-order valence-electron chi connectivity index (χ2n) is 12.4. The lowest BCUT2D eigenvalue weighted by Crippen LogP contribution is -2.43. The minimum absolute atomic E-state index is 0.000352. The van der Waals surface area contributed by atoms with E-state index in [2.05, 4.69) is 20.9 Å². The Labute approximate surface area is 264 Å². The fraction of sp³-hybridized carbons (Fsp3) is 0.382. The molecule has 8 rings (SSSR count). The maximum atomic E-state index is 16.9. The number of hydrogen-bond donors (Lipinski definition) is 1. The van der Waals surface area contributed by atoms with Gasteiger partial charge in [0.15, 0.2) is 17.5 Å². The molecule has 0 bridgehead atoms. The molecular weight excluding hydrogens is 603 g/mol. The first kappa shape index (κ1) is 26.7. The molecule has 3 fully saturated rings. The number of pyridine rings is 1. The Morgan fingerprint density at radius 3 is 2.83 bits per heavy atom. The molecule has 12 heteroatoms. The Balaban J connectivity index is 1.33. The third-order valence-electron chi connectivity index (χ3n) is 9.67. The van der Waals surface area contributed by atoms with Crippen molar-refractivity contribution in [1.82, 2.24) is 19.9 Å². The van der Waals surface area contributed by atoms with E-state index in [1.807, 2.05) is 12.2 Å². The van der Waals surface area contributed by atoms with Crippen LogP contribution in [0, 0.1) is 35.7 Å². The van der Waals surface area contributed by atoms with Crippen molar-refractivity contribution in [2.24, 2.45) is 5.92 Å². The van der Waals surface area contributed by atoms with Gasteiger partial charge in [0.25, 0.3) is 0 Å². The molecule has 4 aliphatic rings. The number of fused-ring (bicyclic) bond motifs is 4. The second kappa shape index (κ2) is 10.5. The van der Waals surface area contributed by atoms with E-state index in [1.165, 1.54) is 18.3 Å². The first-order chi connectivity index (χ1) is 22.9. The number of aromatic nitrogens is 3. The quantitative estimate of drug-likeness (QED) is 0.127. The van der Waals surface area contributed by atoms with Crippen LogP contribution in [0.3, 0.4) is 0 Å². The van der Waals surface area contributed by atoms with Gasteiger partial charge in [-0.2, -0.15) is 9.97 Å². The number of allylic oxidation sites excluding steroid dienone is 1. The highest BCUT2D eigenvalue weighted by Gasteiger charge is 2.55. The van der Waals surface area contributed by atoms with Gasteiger partial charge in [-0.15, -0.1) is 6.42 Å². The van der Waals surface area contributed by atoms with Crippen LogP contribution in [-0.2, 0) is 0 Å². The molecule has 2 aromatic carbocycles. The smallest absolute Gasteiger partial charge is 0.319 e. The van der Waals surface area contributed by atoms with Gasteiger partial charge in [0.2, 0.25) is 0 Å². The molecule has 46 heavy (non-hydrogen) atoms. The Kier molecular flexibility index (Phi) is 6.10. The maximum absolute atomic E-state index is 16.9. The molecule has 0 amide bonds. The number of hydrogen-bond acceptors (Lipinski definition) is 7. The summed E-state index contributed by atoms with van der Waals surface area (Å²) in [7, 11) is 0. The summed E-state index contributed by atoms with van der Waals surface area (Å²) in [6.07, 6.45) is 9.54. The molecule has 2 N–H and O–H groups in total. The van der Waals surface area contributed by atoms with E-state index in [9.17, 15) is 13.2 Å². The zero-order chi connectivity index (χ0) is 33.7. The zero-order valence-electron chi connectivity index (χ0n) is 26.4. The number of nitrogens with zero attached hydrogens (tertiary/aromatic N) is 5. The number of benzene rings is 2. The molecule has 0 unspecified atom stereocenters. The lowest BCUT2D eigenvalue weighted by molar-refractivity contribution is 0.107. The van der Waals surface area contributed by atoms with Crippen LogP contribution < -0.4 is 15.4 Å². The summed E-state index contributed by atoms with van der Waals surface area (Å²) >= 11 is 0. The SMILES string of the molecule is [2H]C([2H])(Oc1nc(N2CC=CC[C@H]3[C@H](F)[C@H]32)c2cnc(-c3cc(N)cc4cc(F)c(F)c(C#C)c34)c(F)c2n1)[C@@]12CCCN1C[C@H](F)C2. The van der Waals surface area contributed by atoms with Crippen molar-refractivity contribution in [3.05, 3.63) is 59.6 Å². The third-order valence-corrected chi connectivity index (χ3v) is 9.67. The molecule has 1 aliphatic carbocycles. The molecule has 4 aromatic rings. The molecule has 3 aliphatic heterocycles. The zero-order valence-corrected chi connectivity index (χ0v) is 24.4. The van der Waals surface area contributed by atoms with Gasteiger partial charge in [-0.1, -0.05) is 18.1 Å². The van der Waals surface area contributed by atoms with E-state index >= 15 is 8.78 Å². The van der Waals surface area contributed by atoms with E-state index in [1.54, 1.807) is 9.80 Å². The number of terminal acetylenes is 1. The highest BCUT2D eigenvalue weighted by molar-refractivity contribution is 6.04. The lowest BCUT2D eigenvalue weighted by Gasteiger charge is -2.31. The molecule has 1 saturated carbocycles. The van der Waals surface area contributed by atoms with Crippen LogP contribution in [-0.4, -0.2) is 70.0 Å². The summed E-state index contributed by atoms with van der Waals surface area (Å²) in [5.74, 6) is -1.62. The Hall–Kier alpha value is -4.50. The van der Waals surface area contributed by atoms with Gasteiger partial charge in [-0.05, 0) is 49.4 Å². The largest absolute Gasteiger partial charge is 0.461 e. The number of ether oxygens (including phenoxy) is 1. The molecule has 5 heterocycles. The Morgan fingerprint density at radius 1 is 1.15 bits per heavy atom. The van der Waals surface area contributed by atoms with Crippen molar-refractivity contribution < 1.29 is 29.4 Å². The summed E-state index contributed by atoms with van der Waals surface area (Å²) in [4.78, 5) is 16.6. The number of anilines is 2. The van der Waals surface area contributed by atoms with E-state index in [0.717, 1.165) is 6.07 Å². The molecule has 2 aromatic heterocycles. The third kappa shape index (κ3) is 4.39. The Morgan fingerprint density at radius 2 is 2.00 bits per heavy atom. The molecule has 5 atom stereocenters. The highest BCUT2D eigenvalue weighted by Crippen LogP contribution is 2.47. The minimum atomic E-state index is -2.49. The normalized spacial score (nSPS) is 28.0. The molecule has 0 radical (unpaired) electrons. The first-order valence-corrected chi connectivity index (χ1v) is 15.1. The Bertz CT molecular complexity index is 2090. The average molecular weight is 635 g/mol. The van der Waals surface area contributed by atoms with Gasteiger partial charge >= 0.3 is 6.01 Å². The van der Waals surface area contributed by atoms with E-state index in [-0.39, 0.29) is 69.9 Å². The van der Waals surface area contributed by atoms with Gasteiger partial charge < -0.3 is 15.4 Å². The van der Waals surface area contributed by atoms with Crippen LogP contribution in [0.2, 0.25) is 0 Å². The van der Waals surface area contributed by atoms with E-state index < -0.39 is 59.5 Å². The predicted molar refractivity (Wildman–Crippen MR) is 164 cm³/mol. The summed E-state index contributed by atoms with van der Waals surface area (Å²) in [6, 6.07) is 2.50. The molecule has 0 spiro atoms. The van der Waals surface area contributed by atoms with Crippen molar-refractivity contribution in [3.63, 3.8) is 0 Å². The van der Waals surface area contributed by atoms with Crippen molar-refractivity contribution in [3.8, 4) is 29.6 Å². The topological polar surface area (TPSA) is 80.4 Å². The standard InChI is InChI=1S/C34H29F5N6O/c1-2-20-25-17(11-24(36)26(20)37)10-19(40)12-22(25)29-28(39)30-23(14-41-29)32(45-9-4-3-6-21-27(38)31(21)45)43-33(42-30)46-16-34-7-5-8-44(34)15-18(35)13-34/h1,3-4,10-12,14,18,21,27,31H,5-9,13,15-16,40H2/t18-,21+,27+,31+,34+/m1/s1/i16D2. The van der Waals surface area contributed by atoms with Crippen molar-refractivity contribution in [1.29, 1.82) is 0 Å². The first-order valence-electron chi connectivity index (χ1n) is 16.1. The van der Waals surface area contributed by atoms with Gasteiger partial charge in [0.1, 0.15) is 35.9 Å². The second-order valence-corrected chi connectivity index (χ2v) is 12.4. The van der Waals surface area contributed by atoms with Crippen LogP contribution in [0.4, 0.5) is 33.5 Å². The predicted octanol–water partition coefficient (Wildman–Crippen LogP) is 5.88. The molecule has 236 valence electrons. The van der Waals surface area contributed by atoms with Gasteiger partial charge in [0, 0.05) is 48.3 Å². The van der Waals surface area contributed by atoms with Gasteiger partial charge in [-0.25, -0.2) is 22.0 Å². The van der Waals surface area contributed by atoms with Crippen LogP contribution in [0.25, 0.3) is 32.9 Å². The molecule has 7 nitrogen and oxygen atoms in total. The number of nitrogen functional groups attached to an aromatic ring is 1. The van der Waals surface area contributed by atoms with Crippen molar-refractivity contribution in [2.45, 2.75) is 49.6 Å². The average Bonchev–Trinajstić information content (AvgIpc) is 3.39. The summed E-state index contributed by atoms with van der Waals surface area (Å²) in [5.41, 5.74) is 3.75. The number of rotatable bonds is 5. The van der Waals surface area contributed by atoms with E-state index in [0.29, 0.717) is 25.8 Å². The van der Waals surface area contributed by atoms with Gasteiger partial charge in [0.05, 0.1) is 25.3 Å². The number of alkyl halides is 2. The lowest BCUT2D eigenvalue weighted by atomic mass is 9.95. The molecular formula is C34H29F5N6O. The van der Waals surface area contributed by atoms with Crippen molar-refractivity contribution >= 4 is 33.2 Å². The van der Waals surface area contributed by atoms with E-state index in [4.69, 9.17) is 19.6 Å².